The van der Waals surface area contributed by atoms with Gasteiger partial charge in [0.1, 0.15) is 0 Å². The molecule has 5 rings (SSSR count). The van der Waals surface area contributed by atoms with Crippen LogP contribution in [0.4, 0.5) is 5.69 Å². The summed E-state index contributed by atoms with van der Waals surface area (Å²) in [6.07, 6.45) is 20.2. The molecule has 148 valence electrons. The summed E-state index contributed by atoms with van der Waals surface area (Å²) in [5.74, 6) is 1.21. The van der Waals surface area contributed by atoms with Gasteiger partial charge in [-0.2, -0.15) is 0 Å². The molecule has 2 aliphatic carbocycles. The number of rotatable bonds is 4. The number of H-pyrrole nitrogens is 1. The van der Waals surface area contributed by atoms with E-state index < -0.39 is 0 Å². The average molecular weight is 436 g/mol. The quantitative estimate of drug-likeness (QED) is 0.327. The van der Waals surface area contributed by atoms with Crippen molar-refractivity contribution in [2.24, 2.45) is 0 Å². The van der Waals surface area contributed by atoms with Crippen LogP contribution in [0.5, 0.6) is 0 Å². The smallest absolute Gasteiger partial charge is 0.361 e. The van der Waals surface area contributed by atoms with Crippen molar-refractivity contribution < 1.29 is 22.0 Å². The first-order valence-corrected chi connectivity index (χ1v) is 9.42. The fourth-order valence-corrected chi connectivity index (χ4v) is 3.58. The van der Waals surface area contributed by atoms with Gasteiger partial charge in [0.05, 0.1) is 4.92 Å². The third-order valence-electron chi connectivity index (χ3n) is 4.93. The van der Waals surface area contributed by atoms with Gasteiger partial charge in [-0.25, -0.2) is 0 Å². The Hall–Kier alpha value is -2.10. The number of benzene rings is 2. The largest absolute Gasteiger partial charge is 2.00 e. The van der Waals surface area contributed by atoms with E-state index in [2.05, 4.69) is 30.0 Å². The summed E-state index contributed by atoms with van der Waals surface area (Å²) in [6, 6.07) is 15.2. The molecule has 5 heteroatoms. The Labute approximate surface area is 189 Å². The van der Waals surface area contributed by atoms with Crippen LogP contribution in [0.2, 0.25) is 0 Å². The number of nitrogens with one attached hydrogen (secondary N) is 1. The zero-order valence-corrected chi connectivity index (χ0v) is 17.2. The predicted molar refractivity (Wildman–Crippen MR) is 115 cm³/mol. The van der Waals surface area contributed by atoms with Crippen LogP contribution in [0.3, 0.4) is 0 Å². The Bertz CT molecular complexity index is 937. The van der Waals surface area contributed by atoms with Crippen LogP contribution in [0.25, 0.3) is 10.9 Å². The number of hydrogen-bond donors (Lipinski definition) is 1. The third kappa shape index (κ3) is 5.14. The van der Waals surface area contributed by atoms with Crippen LogP contribution in [-0.2, 0) is 17.1 Å². The van der Waals surface area contributed by atoms with Crippen LogP contribution < -0.4 is 0 Å². The standard InChI is InChI=1S/C20H15N2O2.C5H5.Fe/c23-22(24)16-10-11-19-17(12-16)18(13-21-19)20(15-8-4-5-9-15)14-6-2-1-3-7-14;1-2-4-5-3-1;/h1-13,20-21H;1-5H;/q;;+2. The van der Waals surface area contributed by atoms with Gasteiger partial charge in [0.2, 0.25) is 0 Å². The Morgan fingerprint density at radius 1 is 0.833 bits per heavy atom. The maximum absolute atomic E-state index is 11.1. The molecule has 0 amide bonds. The molecule has 2 saturated carbocycles. The first-order valence-electron chi connectivity index (χ1n) is 9.42. The number of nitro groups is 1. The minimum Gasteiger partial charge on any atom is -0.361 e. The molecule has 0 aliphatic heterocycles. The topological polar surface area (TPSA) is 58.9 Å². The summed E-state index contributed by atoms with van der Waals surface area (Å²) >= 11 is 0. The molecular weight excluding hydrogens is 416 g/mol. The van der Waals surface area contributed by atoms with Gasteiger partial charge < -0.3 is 4.98 Å². The maximum Gasteiger partial charge on any atom is 2.00 e. The summed E-state index contributed by atoms with van der Waals surface area (Å²) in [6.45, 7) is 0. The molecule has 2 aromatic carbocycles. The molecule has 0 spiro atoms. The van der Waals surface area contributed by atoms with Gasteiger partial charge in [0.15, 0.2) is 0 Å². The molecule has 0 bridgehead atoms. The van der Waals surface area contributed by atoms with E-state index in [1.54, 1.807) is 12.1 Å². The van der Waals surface area contributed by atoms with Crippen LogP contribution in [0, 0.1) is 73.8 Å². The van der Waals surface area contributed by atoms with Gasteiger partial charge >= 0.3 is 17.1 Å². The zero-order valence-electron chi connectivity index (χ0n) is 16.1. The molecule has 10 radical (unpaired) electrons. The van der Waals surface area contributed by atoms with Gasteiger partial charge in [-0.05, 0) is 80.9 Å². The molecule has 2 fully saturated rings. The molecule has 4 nitrogen and oxygen atoms in total. The first-order chi connectivity index (χ1) is 14.2. The van der Waals surface area contributed by atoms with Crippen molar-refractivity contribution in [3.05, 3.63) is 140 Å². The molecule has 1 atom stereocenters. The van der Waals surface area contributed by atoms with E-state index in [1.165, 1.54) is 12.0 Å². The summed E-state index contributed by atoms with van der Waals surface area (Å²) < 4.78 is 0. The second kappa shape index (κ2) is 10.8. The van der Waals surface area contributed by atoms with Crippen molar-refractivity contribution in [1.82, 2.24) is 4.98 Å². The minimum atomic E-state index is -0.351. The molecule has 1 aromatic heterocycles. The van der Waals surface area contributed by atoms with E-state index in [4.69, 9.17) is 0 Å². The summed E-state index contributed by atoms with van der Waals surface area (Å²) in [5, 5.41) is 12.0. The van der Waals surface area contributed by atoms with Crippen LogP contribution in [-0.4, -0.2) is 9.91 Å². The van der Waals surface area contributed by atoms with Crippen molar-refractivity contribution in [3.8, 4) is 0 Å². The monoisotopic (exact) mass is 436 g/mol. The van der Waals surface area contributed by atoms with Crippen molar-refractivity contribution in [3.63, 3.8) is 0 Å². The summed E-state index contributed by atoms with van der Waals surface area (Å²) in [7, 11) is 0. The van der Waals surface area contributed by atoms with Crippen LogP contribution >= 0.6 is 0 Å². The van der Waals surface area contributed by atoms with E-state index in [1.807, 2.05) is 69.3 Å². The SMILES string of the molecule is O=[N+]([O-])c1ccc2[nH]cc(C([C]3[CH][CH][CH][CH]3)c3ccccc3)c2c1.[CH]1[CH][CH][CH][CH]1.[Fe+2]. The summed E-state index contributed by atoms with van der Waals surface area (Å²) in [4.78, 5) is 14.0. The van der Waals surface area contributed by atoms with E-state index in [-0.39, 0.29) is 33.6 Å². The number of nitro benzene ring substituents is 1. The first kappa shape index (κ1) is 22.6. The van der Waals surface area contributed by atoms with E-state index in [9.17, 15) is 10.1 Å². The number of nitrogens with zero attached hydrogens (tertiary/aromatic N) is 1. The molecule has 0 saturated heterocycles. The molecule has 3 aromatic rings. The number of aromatic amines is 1. The third-order valence-corrected chi connectivity index (χ3v) is 4.93. The Morgan fingerprint density at radius 2 is 1.47 bits per heavy atom. The molecule has 2 aliphatic rings. The van der Waals surface area contributed by atoms with Crippen LogP contribution in [0.1, 0.15) is 17.0 Å². The van der Waals surface area contributed by atoms with Gasteiger partial charge in [-0.3, -0.25) is 10.1 Å². The van der Waals surface area contributed by atoms with Gasteiger partial charge in [-0.15, -0.1) is 0 Å². The summed E-state index contributed by atoms with van der Waals surface area (Å²) in [5.41, 5.74) is 3.22. The van der Waals surface area contributed by atoms with E-state index in [0.717, 1.165) is 22.0 Å². The number of fused-ring (bicyclic) bond motifs is 1. The van der Waals surface area contributed by atoms with Crippen LogP contribution in [0.15, 0.2) is 54.7 Å². The molecule has 1 N–H and O–H groups in total. The van der Waals surface area contributed by atoms with Crippen molar-refractivity contribution >= 4 is 16.6 Å². The van der Waals surface area contributed by atoms with Gasteiger partial charge in [0, 0.05) is 35.2 Å². The normalized spacial score (nSPS) is 17.2. The predicted octanol–water partition coefficient (Wildman–Crippen LogP) is 5.63. The minimum absolute atomic E-state index is 0. The molecule has 1 unspecified atom stereocenters. The number of non-ortho nitro benzene ring substituents is 1. The van der Waals surface area contributed by atoms with Gasteiger partial charge in [-0.1, -0.05) is 30.3 Å². The molecule has 30 heavy (non-hydrogen) atoms. The maximum atomic E-state index is 11.1. The van der Waals surface area contributed by atoms with Crippen molar-refractivity contribution in [2.45, 2.75) is 5.92 Å². The van der Waals surface area contributed by atoms with Gasteiger partial charge in [0.25, 0.3) is 5.69 Å². The number of aromatic nitrogens is 1. The Kier molecular flexibility index (Phi) is 8.12. The molecule has 1 heterocycles. The van der Waals surface area contributed by atoms with E-state index >= 15 is 0 Å². The second-order valence-corrected chi connectivity index (χ2v) is 6.76. The Balaban J connectivity index is 0.000000376. The van der Waals surface area contributed by atoms with Crippen molar-refractivity contribution in [1.29, 1.82) is 0 Å². The zero-order chi connectivity index (χ0) is 20.1. The Morgan fingerprint density at radius 3 is 2.07 bits per heavy atom. The van der Waals surface area contributed by atoms with E-state index in [0.29, 0.717) is 0 Å². The fourth-order valence-electron chi connectivity index (χ4n) is 3.58. The second-order valence-electron chi connectivity index (χ2n) is 6.76. The molecular formula is C25H20FeN2O2+2. The average Bonchev–Trinajstić information content (AvgIpc) is 3.53. The fraction of sp³-hybridized carbons (Fsp3) is 0.0400. The number of hydrogen-bond acceptors (Lipinski definition) is 2. The van der Waals surface area contributed by atoms with Crippen molar-refractivity contribution in [2.75, 3.05) is 0 Å².